The Morgan fingerprint density at radius 2 is 0.773 bits per heavy atom. The van der Waals surface area contributed by atoms with E-state index in [-0.39, 0.29) is 0 Å². The summed E-state index contributed by atoms with van der Waals surface area (Å²) in [5.74, 6) is 0. The minimum atomic E-state index is 0.329. The van der Waals surface area contributed by atoms with E-state index in [1.54, 1.807) is 0 Å². The number of piperazine rings is 2. The van der Waals surface area contributed by atoms with Crippen molar-refractivity contribution in [1.82, 2.24) is 19.6 Å². The highest BCUT2D eigenvalue weighted by Gasteiger charge is 2.27. The standard InChI is InChI=1S/C18H38N4/c1-17(2,3)21-13-9-19(10-14-21)7-8-20-11-15-22(16-12-20)18(4,5)6/h7-16H2,1-6H3. The molecule has 2 saturated heterocycles. The van der Waals surface area contributed by atoms with Gasteiger partial charge in [0.05, 0.1) is 0 Å². The molecule has 0 spiro atoms. The van der Waals surface area contributed by atoms with Crippen molar-refractivity contribution in [3.63, 3.8) is 0 Å². The van der Waals surface area contributed by atoms with Gasteiger partial charge in [-0.3, -0.25) is 19.6 Å². The molecule has 0 amide bonds. The van der Waals surface area contributed by atoms with Crippen molar-refractivity contribution >= 4 is 0 Å². The summed E-state index contributed by atoms with van der Waals surface area (Å²) in [6, 6.07) is 0. The van der Waals surface area contributed by atoms with Crippen molar-refractivity contribution in [1.29, 1.82) is 0 Å². The molecule has 2 aliphatic rings. The predicted molar refractivity (Wildman–Crippen MR) is 95.5 cm³/mol. The predicted octanol–water partition coefficient (Wildman–Crippen LogP) is 1.82. The molecule has 0 atom stereocenters. The first-order valence-corrected chi connectivity index (χ1v) is 9.11. The van der Waals surface area contributed by atoms with Crippen LogP contribution in [0.4, 0.5) is 0 Å². The summed E-state index contributed by atoms with van der Waals surface area (Å²) >= 11 is 0. The van der Waals surface area contributed by atoms with Crippen LogP contribution in [0.2, 0.25) is 0 Å². The molecule has 0 radical (unpaired) electrons. The number of hydrogen-bond acceptors (Lipinski definition) is 4. The molecule has 0 aromatic carbocycles. The van der Waals surface area contributed by atoms with Crippen LogP contribution in [0.5, 0.6) is 0 Å². The van der Waals surface area contributed by atoms with E-state index >= 15 is 0 Å². The maximum absolute atomic E-state index is 2.65. The Kier molecular flexibility index (Phi) is 5.92. The molecule has 0 saturated carbocycles. The average molecular weight is 311 g/mol. The topological polar surface area (TPSA) is 13.0 Å². The zero-order valence-corrected chi connectivity index (χ0v) is 15.9. The van der Waals surface area contributed by atoms with E-state index in [4.69, 9.17) is 0 Å². The fourth-order valence-corrected chi connectivity index (χ4v) is 3.57. The molecule has 22 heavy (non-hydrogen) atoms. The number of rotatable bonds is 3. The minimum absolute atomic E-state index is 0.329. The van der Waals surface area contributed by atoms with Crippen LogP contribution in [0, 0.1) is 0 Å². The maximum Gasteiger partial charge on any atom is 0.0126 e. The van der Waals surface area contributed by atoms with E-state index in [1.165, 1.54) is 65.4 Å². The zero-order chi connectivity index (χ0) is 16.4. The third-order valence-corrected chi connectivity index (χ3v) is 5.37. The van der Waals surface area contributed by atoms with Crippen LogP contribution in [0.15, 0.2) is 0 Å². The van der Waals surface area contributed by atoms with Gasteiger partial charge < -0.3 is 0 Å². The normalized spacial score (nSPS) is 24.8. The van der Waals surface area contributed by atoms with E-state index in [0.717, 1.165) is 0 Å². The summed E-state index contributed by atoms with van der Waals surface area (Å²) in [5.41, 5.74) is 0.657. The van der Waals surface area contributed by atoms with Gasteiger partial charge in [-0.05, 0) is 41.5 Å². The van der Waals surface area contributed by atoms with Gasteiger partial charge >= 0.3 is 0 Å². The van der Waals surface area contributed by atoms with Crippen molar-refractivity contribution in [2.75, 3.05) is 65.4 Å². The van der Waals surface area contributed by atoms with Crippen molar-refractivity contribution in [3.05, 3.63) is 0 Å². The molecule has 2 heterocycles. The monoisotopic (exact) mass is 310 g/mol. The maximum atomic E-state index is 2.65. The molecular formula is C18H38N4. The average Bonchev–Trinajstić information content (AvgIpc) is 2.44. The Morgan fingerprint density at radius 3 is 1.00 bits per heavy atom. The second-order valence-corrected chi connectivity index (χ2v) is 9.00. The molecule has 0 aromatic heterocycles. The van der Waals surface area contributed by atoms with E-state index in [9.17, 15) is 0 Å². The SMILES string of the molecule is CC(C)(C)N1CCN(CCN2CCN(C(C)(C)C)CC2)CC1. The lowest BCUT2D eigenvalue weighted by atomic mass is 10.0. The lowest BCUT2D eigenvalue weighted by Gasteiger charge is -2.44. The van der Waals surface area contributed by atoms with Crippen molar-refractivity contribution < 1.29 is 0 Å². The summed E-state index contributed by atoms with van der Waals surface area (Å²) in [5, 5.41) is 0. The van der Waals surface area contributed by atoms with Gasteiger partial charge in [0.2, 0.25) is 0 Å². The Hall–Kier alpha value is -0.160. The van der Waals surface area contributed by atoms with E-state index < -0.39 is 0 Å². The number of nitrogens with zero attached hydrogens (tertiary/aromatic N) is 4. The van der Waals surface area contributed by atoms with Crippen LogP contribution in [0.1, 0.15) is 41.5 Å². The largest absolute Gasteiger partial charge is 0.300 e. The number of hydrogen-bond donors (Lipinski definition) is 0. The Labute approximate surface area is 138 Å². The highest BCUT2D eigenvalue weighted by atomic mass is 15.3. The van der Waals surface area contributed by atoms with Crippen molar-refractivity contribution in [2.45, 2.75) is 52.6 Å². The van der Waals surface area contributed by atoms with E-state index in [1.807, 2.05) is 0 Å². The van der Waals surface area contributed by atoms with Gasteiger partial charge in [-0.2, -0.15) is 0 Å². The van der Waals surface area contributed by atoms with Crippen LogP contribution >= 0.6 is 0 Å². The third-order valence-electron chi connectivity index (χ3n) is 5.37. The molecule has 130 valence electrons. The van der Waals surface area contributed by atoms with Gasteiger partial charge in [-0.15, -0.1) is 0 Å². The fraction of sp³-hybridized carbons (Fsp3) is 1.00. The van der Waals surface area contributed by atoms with Crippen molar-refractivity contribution in [3.8, 4) is 0 Å². The molecule has 0 unspecified atom stereocenters. The molecule has 2 aliphatic heterocycles. The summed E-state index contributed by atoms with van der Waals surface area (Å²) in [6.07, 6.45) is 0. The summed E-state index contributed by atoms with van der Waals surface area (Å²) in [7, 11) is 0. The highest BCUT2D eigenvalue weighted by Crippen LogP contribution is 2.17. The van der Waals surface area contributed by atoms with Gasteiger partial charge in [0, 0.05) is 76.5 Å². The smallest absolute Gasteiger partial charge is 0.0126 e. The summed E-state index contributed by atoms with van der Waals surface area (Å²) in [4.78, 5) is 10.5. The van der Waals surface area contributed by atoms with Gasteiger partial charge in [0.25, 0.3) is 0 Å². The van der Waals surface area contributed by atoms with Crippen LogP contribution < -0.4 is 0 Å². The van der Waals surface area contributed by atoms with Gasteiger partial charge in [-0.1, -0.05) is 0 Å². The first-order valence-electron chi connectivity index (χ1n) is 9.11. The molecule has 0 N–H and O–H groups in total. The van der Waals surface area contributed by atoms with Crippen LogP contribution in [0.25, 0.3) is 0 Å². The minimum Gasteiger partial charge on any atom is -0.300 e. The van der Waals surface area contributed by atoms with Crippen LogP contribution in [0.3, 0.4) is 0 Å². The van der Waals surface area contributed by atoms with Crippen molar-refractivity contribution in [2.24, 2.45) is 0 Å². The molecule has 2 rings (SSSR count). The van der Waals surface area contributed by atoms with Gasteiger partial charge in [0.15, 0.2) is 0 Å². The highest BCUT2D eigenvalue weighted by molar-refractivity contribution is 4.84. The summed E-state index contributed by atoms with van der Waals surface area (Å²) < 4.78 is 0. The molecular weight excluding hydrogens is 272 g/mol. The second kappa shape index (κ2) is 7.16. The Morgan fingerprint density at radius 1 is 0.500 bits per heavy atom. The lowest BCUT2D eigenvalue weighted by molar-refractivity contribution is 0.0397. The lowest BCUT2D eigenvalue weighted by Crippen LogP contribution is -2.56. The fourth-order valence-electron chi connectivity index (χ4n) is 3.57. The Balaban J connectivity index is 1.64. The first kappa shape index (κ1) is 18.2. The van der Waals surface area contributed by atoms with Crippen LogP contribution in [-0.2, 0) is 0 Å². The molecule has 4 heteroatoms. The van der Waals surface area contributed by atoms with E-state index in [0.29, 0.717) is 11.1 Å². The Bertz CT molecular complexity index is 292. The molecule has 2 fully saturated rings. The van der Waals surface area contributed by atoms with E-state index in [2.05, 4.69) is 61.1 Å². The van der Waals surface area contributed by atoms with Gasteiger partial charge in [0.1, 0.15) is 0 Å². The van der Waals surface area contributed by atoms with Gasteiger partial charge in [-0.25, -0.2) is 0 Å². The third kappa shape index (κ3) is 5.19. The zero-order valence-electron chi connectivity index (χ0n) is 15.9. The molecule has 0 aromatic rings. The quantitative estimate of drug-likeness (QED) is 0.788. The second-order valence-electron chi connectivity index (χ2n) is 9.00. The van der Waals surface area contributed by atoms with Crippen LogP contribution in [-0.4, -0.2) is 96.1 Å². The molecule has 0 aliphatic carbocycles. The first-order chi connectivity index (χ1) is 10.2. The molecule has 0 bridgehead atoms. The summed E-state index contributed by atoms with van der Waals surface area (Å²) in [6.45, 7) is 26.3. The molecule has 4 nitrogen and oxygen atoms in total.